The Balaban J connectivity index is 1.48. The molecule has 0 spiro atoms. The number of carbonyl (C=O) groups excluding carboxylic acids is 1. The van der Waals surface area contributed by atoms with Crippen LogP contribution in [-0.2, 0) is 11.2 Å². The molecule has 0 unspecified atom stereocenters. The summed E-state index contributed by atoms with van der Waals surface area (Å²) in [4.78, 5) is 17.4. The number of rotatable bonds is 8. The van der Waals surface area contributed by atoms with Gasteiger partial charge in [0.15, 0.2) is 11.5 Å². The van der Waals surface area contributed by atoms with Gasteiger partial charge in [0.25, 0.3) is 0 Å². The number of hydrogen-bond acceptors (Lipinski definition) is 4. The molecule has 1 amide bonds. The number of benzene rings is 3. The molecule has 3 aromatic carbocycles. The molecule has 4 aromatic rings. The summed E-state index contributed by atoms with van der Waals surface area (Å²) < 4.78 is 11.3. The highest BCUT2D eigenvalue weighted by atomic mass is 16.5. The molecule has 162 valence electrons. The van der Waals surface area contributed by atoms with E-state index in [-0.39, 0.29) is 12.3 Å². The monoisotopic (exact) mass is 426 g/mol. The highest BCUT2D eigenvalue weighted by Crippen LogP contribution is 2.29. The molecular formula is C27H26N2O3. The Kier molecular flexibility index (Phi) is 6.66. The van der Waals surface area contributed by atoms with Crippen molar-refractivity contribution in [3.05, 3.63) is 84.4 Å². The maximum absolute atomic E-state index is 12.7. The minimum Gasteiger partial charge on any atom is -0.490 e. The van der Waals surface area contributed by atoms with Gasteiger partial charge in [0.1, 0.15) is 0 Å². The molecule has 0 saturated carbocycles. The van der Waals surface area contributed by atoms with Crippen molar-refractivity contribution in [2.24, 2.45) is 0 Å². The molecule has 4 rings (SSSR count). The molecule has 0 fully saturated rings. The summed E-state index contributed by atoms with van der Waals surface area (Å²) >= 11 is 0. The number of hydrogen-bond donors (Lipinski definition) is 1. The molecule has 0 atom stereocenters. The number of nitrogens with one attached hydrogen (secondary N) is 1. The number of nitrogens with zero attached hydrogens (tertiary/aromatic N) is 1. The van der Waals surface area contributed by atoms with Crippen molar-refractivity contribution in [2.45, 2.75) is 20.3 Å². The average molecular weight is 427 g/mol. The summed E-state index contributed by atoms with van der Waals surface area (Å²) in [5, 5.41) is 4.09. The van der Waals surface area contributed by atoms with Gasteiger partial charge in [-0.25, -0.2) is 4.98 Å². The summed E-state index contributed by atoms with van der Waals surface area (Å²) in [6.45, 7) is 4.94. The Morgan fingerprint density at radius 2 is 1.66 bits per heavy atom. The lowest BCUT2D eigenvalue weighted by atomic mass is 10.1. The Morgan fingerprint density at radius 1 is 0.844 bits per heavy atom. The third-order valence-electron chi connectivity index (χ3n) is 5.01. The standard InChI is InChI=1S/C27H26N2O3/c1-3-31-25-15-12-19(16-26(25)32-4-2)17-27(30)28-22-10-7-9-21(18-22)24-14-13-20-8-5-6-11-23(20)29-24/h5-16,18H,3-4,17H2,1-2H3,(H,28,30). The smallest absolute Gasteiger partial charge is 0.228 e. The Morgan fingerprint density at radius 3 is 2.50 bits per heavy atom. The molecule has 0 aliphatic carbocycles. The average Bonchev–Trinajstić information content (AvgIpc) is 2.81. The molecule has 32 heavy (non-hydrogen) atoms. The predicted molar refractivity (Wildman–Crippen MR) is 128 cm³/mol. The van der Waals surface area contributed by atoms with Crippen molar-refractivity contribution < 1.29 is 14.3 Å². The molecule has 1 aromatic heterocycles. The molecule has 0 aliphatic heterocycles. The van der Waals surface area contributed by atoms with E-state index in [1.54, 1.807) is 0 Å². The van der Waals surface area contributed by atoms with E-state index in [9.17, 15) is 4.79 Å². The SMILES string of the molecule is CCOc1ccc(CC(=O)Nc2cccc(-c3ccc4ccccc4n3)c2)cc1OCC. The predicted octanol–water partition coefficient (Wildman–Crippen LogP) is 5.88. The van der Waals surface area contributed by atoms with Crippen molar-refractivity contribution >= 4 is 22.5 Å². The second kappa shape index (κ2) is 9.96. The van der Waals surface area contributed by atoms with Crippen molar-refractivity contribution in [3.8, 4) is 22.8 Å². The lowest BCUT2D eigenvalue weighted by molar-refractivity contribution is -0.115. The van der Waals surface area contributed by atoms with Crippen LogP contribution in [0.25, 0.3) is 22.2 Å². The van der Waals surface area contributed by atoms with Gasteiger partial charge in [-0.05, 0) is 55.8 Å². The first kappa shape index (κ1) is 21.4. The molecule has 0 aliphatic rings. The van der Waals surface area contributed by atoms with Gasteiger partial charge in [-0.2, -0.15) is 0 Å². The molecule has 0 bridgehead atoms. The van der Waals surface area contributed by atoms with Gasteiger partial charge in [0.05, 0.1) is 30.8 Å². The Hall–Kier alpha value is -3.86. The van der Waals surface area contributed by atoms with E-state index in [4.69, 9.17) is 14.5 Å². The van der Waals surface area contributed by atoms with Gasteiger partial charge in [-0.3, -0.25) is 4.79 Å². The van der Waals surface area contributed by atoms with Crippen LogP contribution in [0.15, 0.2) is 78.9 Å². The zero-order valence-electron chi connectivity index (χ0n) is 18.3. The van der Waals surface area contributed by atoms with Crippen LogP contribution < -0.4 is 14.8 Å². The summed E-state index contributed by atoms with van der Waals surface area (Å²) in [5.41, 5.74) is 4.36. The quantitative estimate of drug-likeness (QED) is 0.382. The zero-order valence-corrected chi connectivity index (χ0v) is 18.3. The van der Waals surface area contributed by atoms with Gasteiger partial charge >= 0.3 is 0 Å². The second-order valence-electron chi connectivity index (χ2n) is 7.34. The van der Waals surface area contributed by atoms with E-state index >= 15 is 0 Å². The van der Waals surface area contributed by atoms with Gasteiger partial charge in [-0.15, -0.1) is 0 Å². The minimum atomic E-state index is -0.0970. The first-order chi connectivity index (χ1) is 15.7. The fourth-order valence-corrected chi connectivity index (χ4v) is 3.58. The normalized spacial score (nSPS) is 10.7. The van der Waals surface area contributed by atoms with Crippen LogP contribution in [0.4, 0.5) is 5.69 Å². The van der Waals surface area contributed by atoms with Gasteiger partial charge in [0, 0.05) is 16.6 Å². The number of pyridine rings is 1. The van der Waals surface area contributed by atoms with Crippen LogP contribution in [0.3, 0.4) is 0 Å². The van der Waals surface area contributed by atoms with Crippen molar-refractivity contribution in [1.82, 2.24) is 4.98 Å². The number of anilines is 1. The summed E-state index contributed by atoms with van der Waals surface area (Å²) in [6, 6.07) is 25.4. The fourth-order valence-electron chi connectivity index (χ4n) is 3.58. The molecule has 0 saturated heterocycles. The summed E-state index contributed by atoms with van der Waals surface area (Å²) in [6.07, 6.45) is 0.241. The van der Waals surface area contributed by atoms with Crippen LogP contribution in [0, 0.1) is 0 Å². The van der Waals surface area contributed by atoms with E-state index < -0.39 is 0 Å². The van der Waals surface area contributed by atoms with E-state index in [0.29, 0.717) is 24.7 Å². The van der Waals surface area contributed by atoms with E-state index in [0.717, 1.165) is 33.4 Å². The molecule has 0 radical (unpaired) electrons. The second-order valence-corrected chi connectivity index (χ2v) is 7.34. The maximum atomic E-state index is 12.7. The molecule has 5 heteroatoms. The highest BCUT2D eigenvalue weighted by molar-refractivity contribution is 5.93. The molecule has 1 heterocycles. The lowest BCUT2D eigenvalue weighted by Crippen LogP contribution is -2.14. The van der Waals surface area contributed by atoms with E-state index in [1.165, 1.54) is 0 Å². The number of para-hydroxylation sites is 1. The minimum absolute atomic E-state index is 0.0970. The number of ether oxygens (including phenoxy) is 2. The third kappa shape index (κ3) is 5.06. The highest BCUT2D eigenvalue weighted by Gasteiger charge is 2.10. The number of aromatic nitrogens is 1. The first-order valence-corrected chi connectivity index (χ1v) is 10.8. The van der Waals surface area contributed by atoms with Gasteiger partial charge in [-0.1, -0.05) is 42.5 Å². The maximum Gasteiger partial charge on any atom is 0.228 e. The van der Waals surface area contributed by atoms with Crippen molar-refractivity contribution in [2.75, 3.05) is 18.5 Å². The number of carbonyl (C=O) groups is 1. The fraction of sp³-hybridized carbons (Fsp3) is 0.185. The van der Waals surface area contributed by atoms with E-state index in [2.05, 4.69) is 11.4 Å². The summed E-state index contributed by atoms with van der Waals surface area (Å²) in [7, 11) is 0. The van der Waals surface area contributed by atoms with Crippen LogP contribution in [0.2, 0.25) is 0 Å². The number of amides is 1. The molecule has 1 N–H and O–H groups in total. The molecule has 5 nitrogen and oxygen atoms in total. The van der Waals surface area contributed by atoms with Gasteiger partial charge in [0.2, 0.25) is 5.91 Å². The largest absolute Gasteiger partial charge is 0.490 e. The zero-order chi connectivity index (χ0) is 22.3. The topological polar surface area (TPSA) is 60.5 Å². The van der Waals surface area contributed by atoms with Crippen LogP contribution >= 0.6 is 0 Å². The first-order valence-electron chi connectivity index (χ1n) is 10.8. The van der Waals surface area contributed by atoms with Crippen LogP contribution in [0.5, 0.6) is 11.5 Å². The van der Waals surface area contributed by atoms with Crippen LogP contribution in [-0.4, -0.2) is 24.1 Å². The summed E-state index contributed by atoms with van der Waals surface area (Å²) in [5.74, 6) is 1.25. The van der Waals surface area contributed by atoms with E-state index in [1.807, 2.05) is 86.6 Å². The molecular weight excluding hydrogens is 400 g/mol. The van der Waals surface area contributed by atoms with Crippen molar-refractivity contribution in [1.29, 1.82) is 0 Å². The van der Waals surface area contributed by atoms with Crippen molar-refractivity contribution in [3.63, 3.8) is 0 Å². The Labute approximate surface area is 188 Å². The Bertz CT molecular complexity index is 1240. The lowest BCUT2D eigenvalue weighted by Gasteiger charge is -2.13. The van der Waals surface area contributed by atoms with Gasteiger partial charge < -0.3 is 14.8 Å². The number of fused-ring (bicyclic) bond motifs is 1. The van der Waals surface area contributed by atoms with Crippen LogP contribution in [0.1, 0.15) is 19.4 Å². The third-order valence-corrected chi connectivity index (χ3v) is 5.01.